The molecule has 0 fully saturated rings. The molecule has 0 aromatic heterocycles. The Bertz CT molecular complexity index is 1310. The van der Waals surface area contributed by atoms with Crippen LogP contribution in [0.2, 0.25) is 0 Å². The summed E-state index contributed by atoms with van der Waals surface area (Å²) < 4.78 is 7.03. The summed E-state index contributed by atoms with van der Waals surface area (Å²) in [6.45, 7) is 7.02. The molecule has 0 radical (unpaired) electrons. The van der Waals surface area contributed by atoms with Crippen LogP contribution in [0.3, 0.4) is 0 Å². The van der Waals surface area contributed by atoms with E-state index in [1.54, 1.807) is 52.0 Å². The summed E-state index contributed by atoms with van der Waals surface area (Å²) in [5.41, 5.74) is 2.19. The van der Waals surface area contributed by atoms with Crippen molar-refractivity contribution in [3.8, 4) is 11.5 Å². The molecule has 4 rings (SSSR count). The summed E-state index contributed by atoms with van der Waals surface area (Å²) in [7, 11) is 0. The molecular formula is C25H20Br2O6. The number of benzene rings is 3. The monoisotopic (exact) mass is 574 g/mol. The molecule has 0 atom stereocenters. The van der Waals surface area contributed by atoms with Gasteiger partial charge in [-0.25, -0.2) is 9.59 Å². The van der Waals surface area contributed by atoms with E-state index >= 15 is 0 Å². The van der Waals surface area contributed by atoms with Crippen molar-refractivity contribution in [1.82, 2.24) is 0 Å². The van der Waals surface area contributed by atoms with E-state index in [1.165, 1.54) is 6.07 Å². The lowest BCUT2D eigenvalue weighted by Crippen LogP contribution is -2.32. The molecule has 3 aromatic rings. The highest BCUT2D eigenvalue weighted by Crippen LogP contribution is 2.53. The van der Waals surface area contributed by atoms with E-state index in [9.17, 15) is 24.9 Å². The van der Waals surface area contributed by atoms with Crippen molar-refractivity contribution >= 4 is 43.8 Å². The molecule has 170 valence electrons. The molecule has 3 N–H and O–H groups in total. The van der Waals surface area contributed by atoms with Gasteiger partial charge in [0, 0.05) is 16.7 Å². The second-order valence-electron chi connectivity index (χ2n) is 8.16. The number of carbonyl (C=O) groups excluding carboxylic acids is 1. The number of carbonyl (C=O) groups is 2. The maximum atomic E-state index is 13.2. The quantitative estimate of drug-likeness (QED) is 0.330. The average molecular weight is 576 g/mol. The van der Waals surface area contributed by atoms with Gasteiger partial charge >= 0.3 is 11.9 Å². The van der Waals surface area contributed by atoms with Crippen molar-refractivity contribution in [3.05, 3.63) is 89.3 Å². The molecule has 0 unspecified atom stereocenters. The molecule has 0 saturated heterocycles. The number of carboxylic acid groups (broad SMARTS) is 1. The third-order valence-electron chi connectivity index (χ3n) is 6.23. The van der Waals surface area contributed by atoms with Gasteiger partial charge in [0.05, 0.1) is 20.1 Å². The second kappa shape index (κ2) is 7.88. The van der Waals surface area contributed by atoms with Crippen LogP contribution in [-0.2, 0) is 10.3 Å². The highest BCUT2D eigenvalue weighted by molar-refractivity contribution is 9.11. The first-order chi connectivity index (χ1) is 15.4. The summed E-state index contributed by atoms with van der Waals surface area (Å²) in [6.07, 6.45) is 0. The molecule has 6 nitrogen and oxygen atoms in total. The fourth-order valence-corrected chi connectivity index (χ4v) is 5.54. The molecule has 3 aromatic carbocycles. The minimum absolute atomic E-state index is 0.0208. The van der Waals surface area contributed by atoms with Crippen molar-refractivity contribution in [2.45, 2.75) is 33.3 Å². The molecule has 0 amide bonds. The van der Waals surface area contributed by atoms with E-state index in [1.807, 2.05) is 0 Å². The number of aryl methyl sites for hydroxylation is 2. The van der Waals surface area contributed by atoms with E-state index in [0.29, 0.717) is 47.9 Å². The standard InChI is InChI=1S/C25H20Br2O6/c1-10-8-16(12(3)19(26)21(10)28)25(17-9-11(2)22(29)20(27)13(17)4)15-7-5-6-14(23(30)31)18(15)24(32)33-25/h5-9,28-29H,1-4H3,(H,30,31). The number of rotatable bonds is 3. The van der Waals surface area contributed by atoms with Crippen molar-refractivity contribution < 1.29 is 29.6 Å². The fourth-order valence-electron chi connectivity index (χ4n) is 4.49. The lowest BCUT2D eigenvalue weighted by molar-refractivity contribution is 0.0245. The Balaban J connectivity index is 2.25. The Kier molecular flexibility index (Phi) is 5.57. The zero-order valence-electron chi connectivity index (χ0n) is 18.2. The van der Waals surface area contributed by atoms with Gasteiger partial charge in [-0.2, -0.15) is 0 Å². The Labute approximate surface area is 207 Å². The number of aromatic hydroxyl groups is 2. The first-order valence-electron chi connectivity index (χ1n) is 10.0. The highest BCUT2D eigenvalue weighted by atomic mass is 79.9. The molecule has 1 aliphatic rings. The molecule has 0 aliphatic carbocycles. The van der Waals surface area contributed by atoms with Gasteiger partial charge < -0.3 is 20.1 Å². The van der Waals surface area contributed by atoms with Crippen molar-refractivity contribution in [2.24, 2.45) is 0 Å². The zero-order chi connectivity index (χ0) is 24.4. The number of phenols is 2. The van der Waals surface area contributed by atoms with E-state index in [0.717, 1.165) is 0 Å². The van der Waals surface area contributed by atoms with E-state index < -0.39 is 17.5 Å². The van der Waals surface area contributed by atoms with Crippen LogP contribution in [0.25, 0.3) is 0 Å². The van der Waals surface area contributed by atoms with Crippen LogP contribution in [0.15, 0.2) is 39.3 Å². The number of aromatic carboxylic acids is 1. The van der Waals surface area contributed by atoms with E-state index in [-0.39, 0.29) is 22.6 Å². The third kappa shape index (κ3) is 3.19. The van der Waals surface area contributed by atoms with Gasteiger partial charge in [-0.15, -0.1) is 0 Å². The smallest absolute Gasteiger partial charge is 0.341 e. The summed E-state index contributed by atoms with van der Waals surface area (Å²) in [6, 6.07) is 8.10. The second-order valence-corrected chi connectivity index (χ2v) is 9.75. The Morgan fingerprint density at radius 1 is 0.879 bits per heavy atom. The van der Waals surface area contributed by atoms with Gasteiger partial charge in [0.25, 0.3) is 0 Å². The summed E-state index contributed by atoms with van der Waals surface area (Å²) in [4.78, 5) is 25.2. The van der Waals surface area contributed by atoms with E-state index in [4.69, 9.17) is 4.74 Å². The van der Waals surface area contributed by atoms with Crippen LogP contribution in [0.4, 0.5) is 0 Å². The van der Waals surface area contributed by atoms with Crippen LogP contribution >= 0.6 is 31.9 Å². The molecule has 0 bridgehead atoms. The predicted octanol–water partition coefficient (Wildman–Crippen LogP) is 6.02. The first kappa shape index (κ1) is 23.3. The first-order valence-corrected chi connectivity index (χ1v) is 11.6. The van der Waals surface area contributed by atoms with Crippen LogP contribution < -0.4 is 0 Å². The topological polar surface area (TPSA) is 104 Å². The summed E-state index contributed by atoms with van der Waals surface area (Å²) in [5.74, 6) is -1.87. The Hall–Kier alpha value is -2.84. The molecular weight excluding hydrogens is 556 g/mol. The number of hydrogen-bond donors (Lipinski definition) is 3. The number of esters is 1. The zero-order valence-corrected chi connectivity index (χ0v) is 21.4. The van der Waals surface area contributed by atoms with Crippen LogP contribution in [-0.4, -0.2) is 27.3 Å². The van der Waals surface area contributed by atoms with Crippen molar-refractivity contribution in [2.75, 3.05) is 0 Å². The van der Waals surface area contributed by atoms with Gasteiger partial charge in [0.2, 0.25) is 0 Å². The van der Waals surface area contributed by atoms with Crippen LogP contribution in [0.1, 0.15) is 59.7 Å². The fraction of sp³-hybridized carbons (Fsp3) is 0.200. The number of fused-ring (bicyclic) bond motifs is 1. The number of cyclic esters (lactones) is 1. The minimum Gasteiger partial charge on any atom is -0.506 e. The summed E-state index contributed by atoms with van der Waals surface area (Å²) >= 11 is 6.89. The Morgan fingerprint density at radius 2 is 1.36 bits per heavy atom. The number of ether oxygens (including phenoxy) is 1. The number of halogens is 2. The maximum absolute atomic E-state index is 13.2. The molecule has 0 saturated carbocycles. The van der Waals surface area contributed by atoms with Crippen molar-refractivity contribution in [3.63, 3.8) is 0 Å². The van der Waals surface area contributed by atoms with Gasteiger partial charge in [-0.1, -0.05) is 12.1 Å². The summed E-state index contributed by atoms with van der Waals surface area (Å²) in [5, 5.41) is 30.7. The SMILES string of the molecule is Cc1cc(C2(c3cc(C)c(O)c(Br)c3C)OC(=O)c3c(C(=O)O)cccc32)c(C)c(Br)c1O. The lowest BCUT2D eigenvalue weighted by Gasteiger charge is -2.34. The van der Waals surface area contributed by atoms with Gasteiger partial charge in [0.15, 0.2) is 5.60 Å². The number of phenolic OH excluding ortho intramolecular Hbond substituents is 2. The lowest BCUT2D eigenvalue weighted by atomic mass is 9.75. The highest BCUT2D eigenvalue weighted by Gasteiger charge is 2.52. The number of hydrogen-bond acceptors (Lipinski definition) is 5. The third-order valence-corrected chi connectivity index (χ3v) is 8.17. The van der Waals surface area contributed by atoms with Crippen LogP contribution in [0.5, 0.6) is 11.5 Å². The molecule has 1 aliphatic heterocycles. The van der Waals surface area contributed by atoms with Gasteiger partial charge in [-0.3, -0.25) is 0 Å². The minimum atomic E-state index is -1.51. The normalized spacial score (nSPS) is 14.2. The molecule has 0 spiro atoms. The number of carboxylic acids is 1. The van der Waals surface area contributed by atoms with Crippen LogP contribution in [0, 0.1) is 27.7 Å². The van der Waals surface area contributed by atoms with Gasteiger partial charge in [-0.05, 0) is 100 Å². The largest absolute Gasteiger partial charge is 0.506 e. The average Bonchev–Trinajstić information content (AvgIpc) is 3.08. The van der Waals surface area contributed by atoms with Crippen molar-refractivity contribution in [1.29, 1.82) is 0 Å². The predicted molar refractivity (Wildman–Crippen MR) is 129 cm³/mol. The van der Waals surface area contributed by atoms with E-state index in [2.05, 4.69) is 31.9 Å². The molecule has 8 heteroatoms. The maximum Gasteiger partial charge on any atom is 0.341 e. The molecule has 1 heterocycles. The Morgan fingerprint density at radius 3 is 1.82 bits per heavy atom. The van der Waals surface area contributed by atoms with Gasteiger partial charge in [0.1, 0.15) is 11.5 Å². The molecule has 33 heavy (non-hydrogen) atoms.